The molecule has 0 bridgehead atoms. The predicted molar refractivity (Wildman–Crippen MR) is 77.6 cm³/mol. The Morgan fingerprint density at radius 3 is 2.79 bits per heavy atom. The topological polar surface area (TPSA) is 64.1 Å². The SMILES string of the molecule is Cc1ccc(N)c(Nc2ccc3oc(C)nc3c2)c1. The van der Waals surface area contributed by atoms with Crippen LogP contribution in [0.1, 0.15) is 11.5 Å². The smallest absolute Gasteiger partial charge is 0.192 e. The average Bonchev–Trinajstić information content (AvgIpc) is 2.73. The lowest BCUT2D eigenvalue weighted by Gasteiger charge is -2.10. The zero-order chi connectivity index (χ0) is 13.4. The van der Waals surface area contributed by atoms with Gasteiger partial charge in [-0.1, -0.05) is 6.07 Å². The summed E-state index contributed by atoms with van der Waals surface area (Å²) in [7, 11) is 0. The highest BCUT2D eigenvalue weighted by Crippen LogP contribution is 2.26. The summed E-state index contributed by atoms with van der Waals surface area (Å²) < 4.78 is 5.45. The van der Waals surface area contributed by atoms with Crippen molar-refractivity contribution in [1.82, 2.24) is 4.98 Å². The van der Waals surface area contributed by atoms with Gasteiger partial charge in [0.2, 0.25) is 0 Å². The van der Waals surface area contributed by atoms with E-state index in [0.717, 1.165) is 33.7 Å². The van der Waals surface area contributed by atoms with Gasteiger partial charge in [0.25, 0.3) is 0 Å². The maximum Gasteiger partial charge on any atom is 0.192 e. The molecule has 0 saturated carbocycles. The third-order valence-corrected chi connectivity index (χ3v) is 2.98. The highest BCUT2D eigenvalue weighted by atomic mass is 16.3. The number of benzene rings is 2. The Morgan fingerprint density at radius 1 is 1.11 bits per heavy atom. The second kappa shape index (κ2) is 4.31. The Morgan fingerprint density at radius 2 is 1.95 bits per heavy atom. The van der Waals surface area contributed by atoms with Crippen LogP contribution in [-0.4, -0.2) is 4.98 Å². The molecule has 0 unspecified atom stereocenters. The molecule has 3 rings (SSSR count). The standard InChI is InChI=1S/C15H15N3O/c1-9-3-5-12(16)13(7-9)18-11-4-6-15-14(8-11)17-10(2)19-15/h3-8,18H,16H2,1-2H3. The van der Waals surface area contributed by atoms with Crippen molar-refractivity contribution in [3.05, 3.63) is 47.9 Å². The molecule has 0 spiro atoms. The number of hydrogen-bond acceptors (Lipinski definition) is 4. The number of hydrogen-bond donors (Lipinski definition) is 2. The van der Waals surface area contributed by atoms with E-state index in [1.807, 2.05) is 50.2 Å². The van der Waals surface area contributed by atoms with E-state index >= 15 is 0 Å². The quantitative estimate of drug-likeness (QED) is 0.682. The van der Waals surface area contributed by atoms with Crippen molar-refractivity contribution >= 4 is 28.2 Å². The fourth-order valence-corrected chi connectivity index (χ4v) is 2.05. The third kappa shape index (κ3) is 2.25. The first-order valence-electron chi connectivity index (χ1n) is 6.12. The van der Waals surface area contributed by atoms with Gasteiger partial charge in [-0.2, -0.15) is 0 Å². The summed E-state index contributed by atoms with van der Waals surface area (Å²) >= 11 is 0. The van der Waals surface area contributed by atoms with Crippen LogP contribution >= 0.6 is 0 Å². The number of aryl methyl sites for hydroxylation is 2. The van der Waals surface area contributed by atoms with Crippen LogP contribution in [-0.2, 0) is 0 Å². The Bertz CT molecular complexity index is 746. The summed E-state index contributed by atoms with van der Waals surface area (Å²) in [4.78, 5) is 4.32. The van der Waals surface area contributed by atoms with Crippen molar-refractivity contribution in [2.75, 3.05) is 11.1 Å². The summed E-state index contributed by atoms with van der Waals surface area (Å²) in [6, 6.07) is 11.7. The van der Waals surface area contributed by atoms with Crippen LogP contribution in [0.4, 0.5) is 17.1 Å². The van der Waals surface area contributed by atoms with E-state index in [1.54, 1.807) is 0 Å². The molecule has 1 aromatic heterocycles. The first-order chi connectivity index (χ1) is 9.11. The van der Waals surface area contributed by atoms with Gasteiger partial charge in [0.15, 0.2) is 11.5 Å². The number of rotatable bonds is 2. The molecule has 4 heteroatoms. The highest BCUT2D eigenvalue weighted by molar-refractivity contribution is 5.81. The van der Waals surface area contributed by atoms with Crippen LogP contribution in [0.3, 0.4) is 0 Å². The second-order valence-corrected chi connectivity index (χ2v) is 4.63. The first kappa shape index (κ1) is 11.6. The highest BCUT2D eigenvalue weighted by Gasteiger charge is 2.05. The number of fused-ring (bicyclic) bond motifs is 1. The minimum Gasteiger partial charge on any atom is -0.441 e. The average molecular weight is 253 g/mol. The monoisotopic (exact) mass is 253 g/mol. The van der Waals surface area contributed by atoms with Crippen molar-refractivity contribution in [2.45, 2.75) is 13.8 Å². The Balaban J connectivity index is 1.98. The molecule has 0 aliphatic heterocycles. The lowest BCUT2D eigenvalue weighted by Crippen LogP contribution is -1.96. The van der Waals surface area contributed by atoms with Crippen LogP contribution in [0.15, 0.2) is 40.8 Å². The molecule has 0 atom stereocenters. The summed E-state index contributed by atoms with van der Waals surface area (Å²) in [5.74, 6) is 0.669. The number of nitrogens with one attached hydrogen (secondary N) is 1. The van der Waals surface area contributed by atoms with Crippen LogP contribution in [0.5, 0.6) is 0 Å². The minimum atomic E-state index is 0.669. The van der Waals surface area contributed by atoms with Gasteiger partial charge in [0.05, 0.1) is 11.4 Å². The van der Waals surface area contributed by atoms with E-state index in [-0.39, 0.29) is 0 Å². The number of aromatic nitrogens is 1. The zero-order valence-corrected chi connectivity index (χ0v) is 10.9. The largest absolute Gasteiger partial charge is 0.441 e. The van der Waals surface area contributed by atoms with E-state index in [9.17, 15) is 0 Å². The van der Waals surface area contributed by atoms with Crippen LogP contribution in [0.25, 0.3) is 11.1 Å². The molecule has 2 aromatic carbocycles. The molecule has 0 fully saturated rings. The van der Waals surface area contributed by atoms with E-state index in [2.05, 4.69) is 10.3 Å². The van der Waals surface area contributed by atoms with E-state index < -0.39 is 0 Å². The lowest BCUT2D eigenvalue weighted by molar-refractivity contribution is 0.561. The Kier molecular flexibility index (Phi) is 2.63. The molecule has 0 aliphatic rings. The van der Waals surface area contributed by atoms with Gasteiger partial charge in [-0.25, -0.2) is 4.98 Å². The molecule has 0 saturated heterocycles. The molecule has 3 aromatic rings. The van der Waals surface area contributed by atoms with E-state index in [4.69, 9.17) is 10.2 Å². The molecule has 19 heavy (non-hydrogen) atoms. The van der Waals surface area contributed by atoms with Crippen molar-refractivity contribution in [3.63, 3.8) is 0 Å². The molecule has 96 valence electrons. The van der Waals surface area contributed by atoms with E-state index in [1.165, 1.54) is 0 Å². The van der Waals surface area contributed by atoms with Gasteiger partial charge in [-0.15, -0.1) is 0 Å². The van der Waals surface area contributed by atoms with Gasteiger partial charge in [-0.05, 0) is 42.8 Å². The Labute approximate surface area is 111 Å². The molecule has 4 nitrogen and oxygen atoms in total. The van der Waals surface area contributed by atoms with Crippen molar-refractivity contribution in [3.8, 4) is 0 Å². The number of nitrogens with zero attached hydrogens (tertiary/aromatic N) is 1. The van der Waals surface area contributed by atoms with E-state index in [0.29, 0.717) is 5.89 Å². The number of oxazole rings is 1. The molecule has 3 N–H and O–H groups in total. The van der Waals surface area contributed by atoms with Crippen molar-refractivity contribution in [1.29, 1.82) is 0 Å². The fourth-order valence-electron chi connectivity index (χ4n) is 2.05. The number of anilines is 3. The van der Waals surface area contributed by atoms with Gasteiger partial charge in [-0.3, -0.25) is 0 Å². The zero-order valence-electron chi connectivity index (χ0n) is 10.9. The molecular formula is C15H15N3O. The number of nitrogens with two attached hydrogens (primary N) is 1. The van der Waals surface area contributed by atoms with Gasteiger partial charge < -0.3 is 15.5 Å². The Hall–Kier alpha value is -2.49. The van der Waals surface area contributed by atoms with Crippen LogP contribution in [0, 0.1) is 13.8 Å². The molecule has 1 heterocycles. The molecule has 0 amide bonds. The lowest BCUT2D eigenvalue weighted by atomic mass is 10.2. The first-order valence-corrected chi connectivity index (χ1v) is 6.12. The minimum absolute atomic E-state index is 0.669. The van der Waals surface area contributed by atoms with Gasteiger partial charge in [0, 0.05) is 12.6 Å². The summed E-state index contributed by atoms with van der Waals surface area (Å²) in [6.45, 7) is 3.88. The van der Waals surface area contributed by atoms with Gasteiger partial charge in [0.1, 0.15) is 5.52 Å². The maximum atomic E-state index is 5.96. The summed E-state index contributed by atoms with van der Waals surface area (Å²) in [5, 5.41) is 3.31. The molecule has 0 aliphatic carbocycles. The summed E-state index contributed by atoms with van der Waals surface area (Å²) in [5.41, 5.74) is 11.3. The maximum absolute atomic E-state index is 5.96. The summed E-state index contributed by atoms with van der Waals surface area (Å²) in [6.07, 6.45) is 0. The second-order valence-electron chi connectivity index (χ2n) is 4.63. The normalized spacial score (nSPS) is 10.8. The van der Waals surface area contributed by atoms with Gasteiger partial charge >= 0.3 is 0 Å². The van der Waals surface area contributed by atoms with Crippen molar-refractivity contribution < 1.29 is 4.42 Å². The fraction of sp³-hybridized carbons (Fsp3) is 0.133. The molecule has 0 radical (unpaired) electrons. The molecular weight excluding hydrogens is 238 g/mol. The number of nitrogen functional groups attached to an aromatic ring is 1. The van der Waals surface area contributed by atoms with Crippen molar-refractivity contribution in [2.24, 2.45) is 0 Å². The predicted octanol–water partition coefficient (Wildman–Crippen LogP) is 3.77. The van der Waals surface area contributed by atoms with Crippen LogP contribution in [0.2, 0.25) is 0 Å². The third-order valence-electron chi connectivity index (χ3n) is 2.98. The van der Waals surface area contributed by atoms with Crippen LogP contribution < -0.4 is 11.1 Å².